The molecule has 0 spiro atoms. The van der Waals surface area contributed by atoms with Crippen molar-refractivity contribution in [1.29, 1.82) is 0 Å². The normalized spacial score (nSPS) is 11.3. The molecule has 1 aromatic heterocycles. The maximum Gasteiger partial charge on any atom is 0.136 e. The maximum atomic E-state index is 6.14. The lowest BCUT2D eigenvalue weighted by atomic mass is 9.99. The van der Waals surface area contributed by atoms with Crippen molar-refractivity contribution in [3.05, 3.63) is 94.4 Å². The average Bonchev–Trinajstić information content (AvgIpc) is 3.05. The van der Waals surface area contributed by atoms with Crippen molar-refractivity contribution < 1.29 is 4.42 Å². The van der Waals surface area contributed by atoms with Gasteiger partial charge in [0.25, 0.3) is 0 Å². The molecule has 0 atom stereocenters. The molecule has 27 heavy (non-hydrogen) atoms. The van der Waals surface area contributed by atoms with E-state index >= 15 is 0 Å². The quantitative estimate of drug-likeness (QED) is 0.273. The molecule has 0 saturated carbocycles. The van der Waals surface area contributed by atoms with E-state index in [1.165, 1.54) is 0 Å². The molecule has 0 aliphatic heterocycles. The minimum absolute atomic E-state index is 0.735. The van der Waals surface area contributed by atoms with Gasteiger partial charge in [0.15, 0.2) is 0 Å². The highest BCUT2D eigenvalue weighted by Gasteiger charge is 2.10. The van der Waals surface area contributed by atoms with E-state index < -0.39 is 0 Å². The molecule has 130 valence electrons. The summed E-state index contributed by atoms with van der Waals surface area (Å²) in [5.74, 6) is 0. The Bertz CT molecular complexity index is 1300. The highest BCUT2D eigenvalue weighted by atomic mass is 79.9. The Hall–Kier alpha value is -2.55. The number of halogens is 2. The number of rotatable bonds is 2. The molecule has 0 saturated heterocycles. The summed E-state index contributed by atoms with van der Waals surface area (Å²) < 4.78 is 7.06. The first-order valence-electron chi connectivity index (χ1n) is 8.66. The van der Waals surface area contributed by atoms with E-state index in [4.69, 9.17) is 16.0 Å². The zero-order valence-electron chi connectivity index (χ0n) is 14.2. The van der Waals surface area contributed by atoms with E-state index in [1.54, 1.807) is 0 Å². The molecule has 0 amide bonds. The third kappa shape index (κ3) is 2.95. The molecular weight excluding hydrogens is 420 g/mol. The van der Waals surface area contributed by atoms with Crippen LogP contribution in [-0.2, 0) is 0 Å². The van der Waals surface area contributed by atoms with E-state index in [9.17, 15) is 0 Å². The standard InChI is InChI=1S/C24H14BrClO/c25-22-13-15(8-10-19(22)17-4-3-5-18(26)12-17)16-9-11-21-20-6-1-2-7-23(20)27-24(21)14-16/h1-14H. The van der Waals surface area contributed by atoms with Gasteiger partial charge in [0.05, 0.1) is 0 Å². The highest BCUT2D eigenvalue weighted by molar-refractivity contribution is 9.10. The molecule has 0 radical (unpaired) electrons. The summed E-state index contributed by atoms with van der Waals surface area (Å²) in [6, 6.07) is 28.8. The zero-order chi connectivity index (χ0) is 18.4. The van der Waals surface area contributed by atoms with Gasteiger partial charge >= 0.3 is 0 Å². The van der Waals surface area contributed by atoms with Crippen molar-refractivity contribution in [2.45, 2.75) is 0 Å². The minimum atomic E-state index is 0.735. The minimum Gasteiger partial charge on any atom is -0.456 e. The van der Waals surface area contributed by atoms with Crippen molar-refractivity contribution in [2.75, 3.05) is 0 Å². The molecule has 1 heterocycles. The van der Waals surface area contributed by atoms with E-state index in [-0.39, 0.29) is 0 Å². The third-order valence-electron chi connectivity index (χ3n) is 4.82. The van der Waals surface area contributed by atoms with Crippen LogP contribution >= 0.6 is 27.5 Å². The summed E-state index contributed by atoms with van der Waals surface area (Å²) in [7, 11) is 0. The van der Waals surface area contributed by atoms with Gasteiger partial charge in [-0.25, -0.2) is 0 Å². The molecule has 3 heteroatoms. The van der Waals surface area contributed by atoms with Crippen molar-refractivity contribution in [3.63, 3.8) is 0 Å². The molecular formula is C24H14BrClO. The lowest BCUT2D eigenvalue weighted by Gasteiger charge is -2.09. The van der Waals surface area contributed by atoms with Crippen LogP contribution in [0.15, 0.2) is 93.8 Å². The number of furan rings is 1. The molecule has 0 fully saturated rings. The first-order valence-corrected chi connectivity index (χ1v) is 9.83. The van der Waals surface area contributed by atoms with Crippen LogP contribution in [0.3, 0.4) is 0 Å². The molecule has 0 aliphatic carbocycles. The van der Waals surface area contributed by atoms with Crippen molar-refractivity contribution in [2.24, 2.45) is 0 Å². The van der Waals surface area contributed by atoms with Gasteiger partial charge in [-0.2, -0.15) is 0 Å². The van der Waals surface area contributed by atoms with E-state index in [1.807, 2.05) is 36.4 Å². The SMILES string of the molecule is Clc1cccc(-c2ccc(-c3ccc4c(c3)oc3ccccc34)cc2Br)c1. The predicted octanol–water partition coefficient (Wildman–Crippen LogP) is 8.34. The smallest absolute Gasteiger partial charge is 0.136 e. The maximum absolute atomic E-state index is 6.14. The number of hydrogen-bond donors (Lipinski definition) is 0. The van der Waals surface area contributed by atoms with Gasteiger partial charge in [0.2, 0.25) is 0 Å². The van der Waals surface area contributed by atoms with Gasteiger partial charge in [0.1, 0.15) is 11.2 Å². The van der Waals surface area contributed by atoms with Crippen molar-refractivity contribution >= 4 is 49.5 Å². The third-order valence-corrected chi connectivity index (χ3v) is 5.71. The first kappa shape index (κ1) is 16.6. The van der Waals surface area contributed by atoms with E-state index in [0.717, 1.165) is 53.7 Å². The van der Waals surface area contributed by atoms with Crippen LogP contribution in [0, 0.1) is 0 Å². The fourth-order valence-electron chi connectivity index (χ4n) is 3.49. The van der Waals surface area contributed by atoms with Gasteiger partial charge in [-0.05, 0) is 58.7 Å². The molecule has 5 aromatic rings. The molecule has 1 nitrogen and oxygen atoms in total. The lowest BCUT2D eigenvalue weighted by Crippen LogP contribution is -1.83. The lowest BCUT2D eigenvalue weighted by molar-refractivity contribution is 0.669. The second kappa shape index (κ2) is 6.56. The summed E-state index contributed by atoms with van der Waals surface area (Å²) in [6.07, 6.45) is 0. The topological polar surface area (TPSA) is 13.1 Å². The fraction of sp³-hybridized carbons (Fsp3) is 0. The Morgan fingerprint density at radius 2 is 1.41 bits per heavy atom. The first-order chi connectivity index (χ1) is 13.2. The molecule has 5 rings (SSSR count). The van der Waals surface area contributed by atoms with E-state index in [0.29, 0.717) is 0 Å². The molecule has 0 aliphatic rings. The summed E-state index contributed by atoms with van der Waals surface area (Å²) >= 11 is 9.85. The summed E-state index contributed by atoms with van der Waals surface area (Å²) in [4.78, 5) is 0. The molecule has 0 N–H and O–H groups in total. The molecule has 0 bridgehead atoms. The monoisotopic (exact) mass is 432 g/mol. The molecule has 4 aromatic carbocycles. The Labute approximate surface area is 170 Å². The fourth-order valence-corrected chi connectivity index (χ4v) is 4.29. The number of fused-ring (bicyclic) bond motifs is 3. The number of hydrogen-bond acceptors (Lipinski definition) is 1. The van der Waals surface area contributed by atoms with Gasteiger partial charge < -0.3 is 4.42 Å². The largest absolute Gasteiger partial charge is 0.456 e. The van der Waals surface area contributed by atoms with E-state index in [2.05, 4.69) is 64.5 Å². The van der Waals surface area contributed by atoms with Crippen LogP contribution in [-0.4, -0.2) is 0 Å². The van der Waals surface area contributed by atoms with Crippen LogP contribution in [0.4, 0.5) is 0 Å². The second-order valence-corrected chi connectivity index (χ2v) is 7.80. The highest BCUT2D eigenvalue weighted by Crippen LogP contribution is 2.36. The Morgan fingerprint density at radius 1 is 0.630 bits per heavy atom. The predicted molar refractivity (Wildman–Crippen MR) is 117 cm³/mol. The zero-order valence-corrected chi connectivity index (χ0v) is 16.6. The van der Waals surface area contributed by atoms with Gasteiger partial charge in [-0.15, -0.1) is 0 Å². The number of benzene rings is 4. The van der Waals surface area contributed by atoms with Crippen LogP contribution < -0.4 is 0 Å². The van der Waals surface area contributed by atoms with Gasteiger partial charge in [-0.1, -0.05) is 76.1 Å². The summed E-state index contributed by atoms with van der Waals surface area (Å²) in [5.41, 5.74) is 6.29. The van der Waals surface area contributed by atoms with Crippen LogP contribution in [0.25, 0.3) is 44.2 Å². The summed E-state index contributed by atoms with van der Waals surface area (Å²) in [5, 5.41) is 3.03. The van der Waals surface area contributed by atoms with Crippen molar-refractivity contribution in [1.82, 2.24) is 0 Å². The Kier molecular flexibility index (Phi) is 4.04. The van der Waals surface area contributed by atoms with Crippen LogP contribution in [0.2, 0.25) is 5.02 Å². The second-order valence-electron chi connectivity index (χ2n) is 6.51. The van der Waals surface area contributed by atoms with Crippen molar-refractivity contribution in [3.8, 4) is 22.3 Å². The summed E-state index contributed by atoms with van der Waals surface area (Å²) in [6.45, 7) is 0. The Balaban J connectivity index is 1.60. The Morgan fingerprint density at radius 3 is 2.26 bits per heavy atom. The average molecular weight is 434 g/mol. The van der Waals surface area contributed by atoms with Gasteiger partial charge in [0, 0.05) is 20.3 Å². The number of para-hydroxylation sites is 1. The van der Waals surface area contributed by atoms with Crippen LogP contribution in [0.5, 0.6) is 0 Å². The van der Waals surface area contributed by atoms with Gasteiger partial charge in [-0.3, -0.25) is 0 Å². The molecule has 0 unspecified atom stereocenters. The van der Waals surface area contributed by atoms with Crippen LogP contribution in [0.1, 0.15) is 0 Å².